The van der Waals surface area contributed by atoms with Crippen LogP contribution in [0, 0.1) is 0 Å². The molecule has 4 N–H and O–H groups in total. The molecule has 0 radical (unpaired) electrons. The minimum atomic E-state index is -1.21. The highest BCUT2D eigenvalue weighted by atomic mass is 32.1. The molecule has 2 atom stereocenters. The van der Waals surface area contributed by atoms with Crippen LogP contribution in [0.3, 0.4) is 0 Å². The predicted octanol–water partition coefficient (Wildman–Crippen LogP) is 0.931. The molecule has 0 saturated carbocycles. The lowest BCUT2D eigenvalue weighted by Gasteiger charge is -2.10. The highest BCUT2D eigenvalue weighted by molar-refractivity contribution is 7.82. The first-order valence-corrected chi connectivity index (χ1v) is 10.5. The van der Waals surface area contributed by atoms with E-state index in [2.05, 4.69) is 25.3 Å². The summed E-state index contributed by atoms with van der Waals surface area (Å²) in [6.07, 6.45) is 3.78. The second kappa shape index (κ2) is 20.8. The standard InChI is InChI=1S/C14H26O6S.C4H6O4S/c15-7-3-1-5-9-19-13(17)11-12(21)14(18)20-10-6-2-4-8-16;5-3(6)1-2(9)4(7)8/h12,15-16,21H,1-11H2;2,9H,1H2,(H,5,6)(H,7,8). The lowest BCUT2D eigenvalue weighted by molar-refractivity contribution is -0.149. The van der Waals surface area contributed by atoms with Crippen LogP contribution in [0.25, 0.3) is 0 Å². The van der Waals surface area contributed by atoms with E-state index in [1.165, 1.54) is 0 Å². The molecule has 0 aromatic carbocycles. The summed E-state index contributed by atoms with van der Waals surface area (Å²) in [5.74, 6) is -3.37. The van der Waals surface area contributed by atoms with Crippen LogP contribution in [0.15, 0.2) is 0 Å². The molecule has 0 aliphatic rings. The van der Waals surface area contributed by atoms with Gasteiger partial charge in [0.15, 0.2) is 0 Å². The van der Waals surface area contributed by atoms with Crippen molar-refractivity contribution in [2.75, 3.05) is 26.4 Å². The third kappa shape index (κ3) is 21.2. The summed E-state index contributed by atoms with van der Waals surface area (Å²) in [6, 6.07) is 0. The summed E-state index contributed by atoms with van der Waals surface area (Å²) < 4.78 is 9.94. The summed E-state index contributed by atoms with van der Waals surface area (Å²) in [5, 5.41) is 31.4. The van der Waals surface area contributed by atoms with Crippen LogP contribution in [-0.2, 0) is 28.7 Å². The van der Waals surface area contributed by atoms with Crippen LogP contribution < -0.4 is 0 Å². The fourth-order valence-electron chi connectivity index (χ4n) is 1.79. The topological polar surface area (TPSA) is 168 Å². The Labute approximate surface area is 186 Å². The molecule has 0 saturated heterocycles. The van der Waals surface area contributed by atoms with E-state index in [4.69, 9.17) is 29.9 Å². The van der Waals surface area contributed by atoms with Crippen LogP contribution in [0.4, 0.5) is 0 Å². The minimum absolute atomic E-state index is 0.113. The Kier molecular flexibility index (Phi) is 21.2. The minimum Gasteiger partial charge on any atom is -0.481 e. The third-order valence-corrected chi connectivity index (χ3v) is 4.19. The summed E-state index contributed by atoms with van der Waals surface area (Å²) in [6.45, 7) is 0.825. The van der Waals surface area contributed by atoms with E-state index in [1.807, 2.05) is 0 Å². The van der Waals surface area contributed by atoms with Gasteiger partial charge in [0.05, 0.1) is 26.1 Å². The molecule has 10 nitrogen and oxygen atoms in total. The van der Waals surface area contributed by atoms with Crippen LogP contribution in [0.1, 0.15) is 51.4 Å². The van der Waals surface area contributed by atoms with Gasteiger partial charge in [0.2, 0.25) is 0 Å². The average molecular weight is 473 g/mol. The van der Waals surface area contributed by atoms with Crippen molar-refractivity contribution in [1.82, 2.24) is 0 Å². The number of carboxylic acid groups (broad SMARTS) is 2. The Hall–Kier alpha value is -1.50. The predicted molar refractivity (Wildman–Crippen MR) is 114 cm³/mol. The number of carbonyl (C=O) groups excluding carboxylic acids is 2. The first-order chi connectivity index (χ1) is 14.1. The van der Waals surface area contributed by atoms with Gasteiger partial charge in [-0.25, -0.2) is 0 Å². The second-order valence-corrected chi connectivity index (χ2v) is 7.38. The van der Waals surface area contributed by atoms with E-state index in [-0.39, 0.29) is 32.8 Å². The summed E-state index contributed by atoms with van der Waals surface area (Å²) in [5.41, 5.74) is 0. The number of carbonyl (C=O) groups is 4. The molecule has 30 heavy (non-hydrogen) atoms. The number of aliphatic hydroxyl groups excluding tert-OH is 2. The van der Waals surface area contributed by atoms with E-state index in [1.54, 1.807) is 0 Å². The lowest BCUT2D eigenvalue weighted by Crippen LogP contribution is -2.23. The average Bonchev–Trinajstić information content (AvgIpc) is 2.67. The highest BCUT2D eigenvalue weighted by Crippen LogP contribution is 2.07. The lowest BCUT2D eigenvalue weighted by atomic mass is 10.2. The SMILES string of the molecule is O=C(CC(S)C(=O)OCCCCCO)OCCCCCO.O=C(O)CC(S)C(=O)O. The number of rotatable bonds is 16. The molecule has 0 bridgehead atoms. The van der Waals surface area contributed by atoms with Gasteiger partial charge < -0.3 is 29.9 Å². The number of aliphatic hydroxyl groups is 2. The molecule has 0 fully saturated rings. The van der Waals surface area contributed by atoms with Gasteiger partial charge in [-0.3, -0.25) is 19.2 Å². The van der Waals surface area contributed by atoms with Crippen molar-refractivity contribution in [2.45, 2.75) is 61.9 Å². The van der Waals surface area contributed by atoms with E-state index >= 15 is 0 Å². The Morgan fingerprint density at radius 1 is 0.700 bits per heavy atom. The molecule has 0 aromatic rings. The van der Waals surface area contributed by atoms with Gasteiger partial charge in [0.25, 0.3) is 0 Å². The number of aliphatic carboxylic acids is 2. The number of ether oxygens (including phenoxy) is 2. The van der Waals surface area contributed by atoms with E-state index in [0.29, 0.717) is 25.7 Å². The van der Waals surface area contributed by atoms with Crippen molar-refractivity contribution in [3.8, 4) is 0 Å². The van der Waals surface area contributed by atoms with Crippen LogP contribution >= 0.6 is 25.3 Å². The quantitative estimate of drug-likeness (QED) is 0.108. The summed E-state index contributed by atoms with van der Waals surface area (Å²) >= 11 is 7.52. The third-order valence-electron chi connectivity index (χ3n) is 3.40. The Balaban J connectivity index is 0. The van der Waals surface area contributed by atoms with Crippen LogP contribution in [0.2, 0.25) is 0 Å². The first kappa shape index (κ1) is 30.7. The molecule has 0 aliphatic heterocycles. The van der Waals surface area contributed by atoms with E-state index in [0.717, 1.165) is 12.8 Å². The Bertz CT molecular complexity index is 501. The molecule has 0 heterocycles. The Morgan fingerprint density at radius 2 is 1.20 bits per heavy atom. The van der Waals surface area contributed by atoms with Gasteiger partial charge in [-0.05, 0) is 38.5 Å². The molecule has 0 rings (SSSR count). The number of hydrogen-bond acceptors (Lipinski definition) is 10. The van der Waals surface area contributed by atoms with Gasteiger partial charge in [-0.1, -0.05) is 0 Å². The molecule has 0 aromatic heterocycles. The molecule has 0 aliphatic carbocycles. The molecule has 0 amide bonds. The van der Waals surface area contributed by atoms with Crippen molar-refractivity contribution in [3.63, 3.8) is 0 Å². The zero-order valence-corrected chi connectivity index (χ0v) is 18.6. The van der Waals surface area contributed by atoms with Crippen molar-refractivity contribution in [1.29, 1.82) is 0 Å². The molecule has 2 unspecified atom stereocenters. The molecular formula is C18H32O10S2. The zero-order chi connectivity index (χ0) is 23.4. The molecule has 12 heteroatoms. The van der Waals surface area contributed by atoms with Crippen molar-refractivity contribution < 1.29 is 49.1 Å². The summed E-state index contributed by atoms with van der Waals surface area (Å²) in [4.78, 5) is 42.7. The van der Waals surface area contributed by atoms with Crippen molar-refractivity contribution >= 4 is 49.1 Å². The molecular weight excluding hydrogens is 440 g/mol. The number of unbranched alkanes of at least 4 members (excludes halogenated alkanes) is 4. The van der Waals surface area contributed by atoms with E-state index in [9.17, 15) is 19.2 Å². The van der Waals surface area contributed by atoms with Gasteiger partial charge in [-0.2, -0.15) is 25.3 Å². The largest absolute Gasteiger partial charge is 0.481 e. The first-order valence-electron chi connectivity index (χ1n) is 9.50. The molecule has 0 spiro atoms. The van der Waals surface area contributed by atoms with E-state index < -0.39 is 40.8 Å². The number of esters is 2. The zero-order valence-electron chi connectivity index (χ0n) is 16.8. The maximum atomic E-state index is 11.5. The van der Waals surface area contributed by atoms with Gasteiger partial charge >= 0.3 is 23.9 Å². The molecule has 176 valence electrons. The fraction of sp³-hybridized carbons (Fsp3) is 0.778. The van der Waals surface area contributed by atoms with Gasteiger partial charge in [-0.15, -0.1) is 0 Å². The van der Waals surface area contributed by atoms with Crippen molar-refractivity contribution in [2.24, 2.45) is 0 Å². The number of carboxylic acids is 2. The summed E-state index contributed by atoms with van der Waals surface area (Å²) in [7, 11) is 0. The second-order valence-electron chi connectivity index (χ2n) is 6.13. The van der Waals surface area contributed by atoms with Gasteiger partial charge in [0.1, 0.15) is 10.5 Å². The number of hydrogen-bond donors (Lipinski definition) is 6. The Morgan fingerprint density at radius 3 is 1.60 bits per heavy atom. The smallest absolute Gasteiger partial charge is 0.319 e. The van der Waals surface area contributed by atoms with Crippen molar-refractivity contribution in [3.05, 3.63) is 0 Å². The fourth-order valence-corrected chi connectivity index (χ4v) is 2.17. The van der Waals surface area contributed by atoms with Crippen LogP contribution in [-0.4, -0.2) is 81.2 Å². The van der Waals surface area contributed by atoms with Crippen LogP contribution in [0.5, 0.6) is 0 Å². The normalized spacial score (nSPS) is 12.1. The monoisotopic (exact) mass is 472 g/mol. The highest BCUT2D eigenvalue weighted by Gasteiger charge is 2.20. The maximum Gasteiger partial charge on any atom is 0.319 e. The van der Waals surface area contributed by atoms with Gasteiger partial charge in [0, 0.05) is 13.2 Å². The maximum absolute atomic E-state index is 11.5. The number of thiol groups is 2.